The van der Waals surface area contributed by atoms with Gasteiger partial charge in [-0.15, -0.1) is 0 Å². The average molecular weight is 386 g/mol. The van der Waals surface area contributed by atoms with Gasteiger partial charge in [0.05, 0.1) is 23.8 Å². The van der Waals surface area contributed by atoms with Gasteiger partial charge in [-0.05, 0) is 31.2 Å². The summed E-state index contributed by atoms with van der Waals surface area (Å²) in [6.07, 6.45) is -5.26. The normalized spacial score (nSPS) is 27.0. The number of rotatable bonds is 5. The molecule has 2 aromatic carbocycles. The quantitative estimate of drug-likeness (QED) is 0.752. The Kier molecular flexibility index (Phi) is 6.41. The van der Waals surface area contributed by atoms with Crippen molar-refractivity contribution in [2.45, 2.75) is 37.4 Å². The van der Waals surface area contributed by atoms with Crippen molar-refractivity contribution in [2.24, 2.45) is 0 Å². The number of aliphatic hydroxyl groups is 2. The van der Waals surface area contributed by atoms with Gasteiger partial charge in [0, 0.05) is 0 Å². The minimum absolute atomic E-state index is 0.294. The van der Waals surface area contributed by atoms with Crippen molar-refractivity contribution in [3.63, 3.8) is 0 Å². The zero-order valence-electron chi connectivity index (χ0n) is 15.3. The van der Waals surface area contributed by atoms with Crippen LogP contribution in [0.2, 0.25) is 0 Å². The van der Waals surface area contributed by atoms with E-state index in [-0.39, 0.29) is 0 Å². The molecule has 7 nitrogen and oxygen atoms in total. The van der Waals surface area contributed by atoms with E-state index in [0.717, 1.165) is 0 Å². The molecular weight excluding hydrogens is 364 g/mol. The van der Waals surface area contributed by atoms with Crippen LogP contribution in [0.4, 0.5) is 0 Å². The average Bonchev–Trinajstić information content (AvgIpc) is 2.73. The van der Waals surface area contributed by atoms with Gasteiger partial charge in [-0.3, -0.25) is 0 Å². The molecule has 1 fully saturated rings. The number of hydrogen-bond donors (Lipinski definition) is 2. The third kappa shape index (κ3) is 4.39. The molecule has 5 unspecified atom stereocenters. The summed E-state index contributed by atoms with van der Waals surface area (Å²) in [5.41, 5.74) is 0.615. The second-order valence-corrected chi connectivity index (χ2v) is 6.52. The molecular formula is C21H22O7. The van der Waals surface area contributed by atoms with E-state index in [2.05, 4.69) is 0 Å². The lowest BCUT2D eigenvalue weighted by atomic mass is 9.95. The molecule has 5 atom stereocenters. The van der Waals surface area contributed by atoms with Crippen LogP contribution in [0.25, 0.3) is 0 Å². The van der Waals surface area contributed by atoms with Crippen LogP contribution in [0.5, 0.6) is 0 Å². The minimum atomic E-state index is -1.36. The van der Waals surface area contributed by atoms with Crippen molar-refractivity contribution in [2.75, 3.05) is 6.61 Å². The number of esters is 2. The maximum atomic E-state index is 12.5. The van der Waals surface area contributed by atoms with Gasteiger partial charge in [0.15, 0.2) is 12.2 Å². The Morgan fingerprint density at radius 2 is 1.36 bits per heavy atom. The second-order valence-electron chi connectivity index (χ2n) is 6.52. The van der Waals surface area contributed by atoms with Crippen LogP contribution in [-0.2, 0) is 14.2 Å². The largest absolute Gasteiger partial charge is 0.452 e. The van der Waals surface area contributed by atoms with Crippen LogP contribution >= 0.6 is 0 Å². The molecule has 0 spiro atoms. The zero-order chi connectivity index (χ0) is 20.1. The summed E-state index contributed by atoms with van der Waals surface area (Å²) in [6.45, 7) is 1.16. The fourth-order valence-corrected chi connectivity index (χ4v) is 3.09. The standard InChI is InChI=1S/C21H22O7/c1-13-18(27-20(24)14-8-4-2-5-9-14)19(17(23)16(12-22)26-13)28-21(25)15-10-6-3-7-11-15/h2-11,13,16-19,22-23H,12H2,1H3. The number of ether oxygens (including phenoxy) is 3. The molecule has 3 rings (SSSR count). The Morgan fingerprint density at radius 1 is 0.893 bits per heavy atom. The molecule has 1 aliphatic heterocycles. The highest BCUT2D eigenvalue weighted by atomic mass is 16.6. The fraction of sp³-hybridized carbons (Fsp3) is 0.333. The monoisotopic (exact) mass is 386 g/mol. The number of benzene rings is 2. The van der Waals surface area contributed by atoms with Gasteiger partial charge in [0.25, 0.3) is 0 Å². The molecule has 0 aromatic heterocycles. The third-order valence-electron chi connectivity index (χ3n) is 4.58. The number of carbonyl (C=O) groups is 2. The summed E-state index contributed by atoms with van der Waals surface area (Å²) in [4.78, 5) is 25.0. The van der Waals surface area contributed by atoms with Crippen LogP contribution in [0.15, 0.2) is 60.7 Å². The first-order valence-corrected chi connectivity index (χ1v) is 8.97. The van der Waals surface area contributed by atoms with Gasteiger partial charge < -0.3 is 24.4 Å². The summed E-state index contributed by atoms with van der Waals surface area (Å²) < 4.78 is 16.5. The summed E-state index contributed by atoms with van der Waals surface area (Å²) in [6, 6.07) is 16.6. The smallest absolute Gasteiger partial charge is 0.338 e. The molecule has 7 heteroatoms. The van der Waals surface area contributed by atoms with Gasteiger partial charge in [0.1, 0.15) is 12.2 Å². The molecule has 1 heterocycles. The molecule has 1 saturated heterocycles. The molecule has 1 aliphatic rings. The van der Waals surface area contributed by atoms with Gasteiger partial charge >= 0.3 is 11.9 Å². The molecule has 148 valence electrons. The Bertz CT molecular complexity index is 793. The highest BCUT2D eigenvalue weighted by Crippen LogP contribution is 2.27. The van der Waals surface area contributed by atoms with E-state index < -0.39 is 49.1 Å². The Balaban J connectivity index is 1.82. The van der Waals surface area contributed by atoms with Crippen LogP contribution < -0.4 is 0 Å². The molecule has 0 bridgehead atoms. The van der Waals surface area contributed by atoms with E-state index in [1.165, 1.54) is 0 Å². The lowest BCUT2D eigenvalue weighted by Gasteiger charge is -2.42. The van der Waals surface area contributed by atoms with Crippen molar-refractivity contribution >= 4 is 11.9 Å². The van der Waals surface area contributed by atoms with Crippen LogP contribution in [0.1, 0.15) is 27.6 Å². The predicted molar refractivity (Wildman–Crippen MR) is 98.7 cm³/mol. The van der Waals surface area contributed by atoms with E-state index in [9.17, 15) is 19.8 Å². The highest BCUT2D eigenvalue weighted by molar-refractivity contribution is 5.90. The van der Waals surface area contributed by atoms with Gasteiger partial charge in [0.2, 0.25) is 0 Å². The lowest BCUT2D eigenvalue weighted by Crippen LogP contribution is -2.60. The van der Waals surface area contributed by atoms with Crippen LogP contribution in [-0.4, -0.2) is 59.3 Å². The van der Waals surface area contributed by atoms with Crippen molar-refractivity contribution in [1.29, 1.82) is 0 Å². The Morgan fingerprint density at radius 3 is 1.82 bits per heavy atom. The fourth-order valence-electron chi connectivity index (χ4n) is 3.09. The summed E-state index contributed by atoms with van der Waals surface area (Å²) in [7, 11) is 0. The molecule has 2 N–H and O–H groups in total. The maximum absolute atomic E-state index is 12.5. The van der Waals surface area contributed by atoms with Crippen molar-refractivity contribution in [1.82, 2.24) is 0 Å². The molecule has 28 heavy (non-hydrogen) atoms. The first kappa shape index (κ1) is 20.0. The van der Waals surface area contributed by atoms with E-state index in [4.69, 9.17) is 14.2 Å². The lowest BCUT2D eigenvalue weighted by molar-refractivity contribution is -0.224. The summed E-state index contributed by atoms with van der Waals surface area (Å²) in [5, 5.41) is 20.0. The van der Waals surface area contributed by atoms with E-state index in [1.54, 1.807) is 67.6 Å². The van der Waals surface area contributed by atoms with Crippen molar-refractivity contribution in [3.8, 4) is 0 Å². The number of hydrogen-bond acceptors (Lipinski definition) is 7. The Labute approximate surface area is 162 Å². The highest BCUT2D eigenvalue weighted by Gasteiger charge is 2.48. The maximum Gasteiger partial charge on any atom is 0.338 e. The van der Waals surface area contributed by atoms with E-state index in [1.807, 2.05) is 0 Å². The first-order valence-electron chi connectivity index (χ1n) is 8.97. The Hall–Kier alpha value is -2.74. The molecule has 2 aromatic rings. The third-order valence-corrected chi connectivity index (χ3v) is 4.58. The topological polar surface area (TPSA) is 102 Å². The first-order chi connectivity index (χ1) is 13.5. The van der Waals surface area contributed by atoms with Gasteiger partial charge in [-0.1, -0.05) is 36.4 Å². The zero-order valence-corrected chi connectivity index (χ0v) is 15.3. The van der Waals surface area contributed by atoms with Crippen molar-refractivity contribution in [3.05, 3.63) is 71.8 Å². The minimum Gasteiger partial charge on any atom is -0.452 e. The van der Waals surface area contributed by atoms with E-state index in [0.29, 0.717) is 11.1 Å². The summed E-state index contributed by atoms with van der Waals surface area (Å²) in [5.74, 6) is -1.30. The molecule has 0 radical (unpaired) electrons. The van der Waals surface area contributed by atoms with Gasteiger partial charge in [-0.2, -0.15) is 0 Å². The van der Waals surface area contributed by atoms with Gasteiger partial charge in [-0.25, -0.2) is 9.59 Å². The molecule has 0 saturated carbocycles. The predicted octanol–water partition coefficient (Wildman–Crippen LogP) is 1.58. The second kappa shape index (κ2) is 8.97. The number of aliphatic hydroxyl groups excluding tert-OH is 2. The van der Waals surface area contributed by atoms with E-state index >= 15 is 0 Å². The summed E-state index contributed by atoms with van der Waals surface area (Å²) >= 11 is 0. The number of carbonyl (C=O) groups excluding carboxylic acids is 2. The SMILES string of the molecule is CC1OC(CO)C(O)C(OC(=O)c2ccccc2)C1OC(=O)c1ccccc1. The molecule has 0 aliphatic carbocycles. The van der Waals surface area contributed by atoms with Crippen LogP contribution in [0.3, 0.4) is 0 Å². The van der Waals surface area contributed by atoms with Crippen molar-refractivity contribution < 1.29 is 34.0 Å². The van der Waals surface area contributed by atoms with Crippen LogP contribution in [0, 0.1) is 0 Å². The molecule has 0 amide bonds.